The molecule has 4 heteroatoms. The Kier molecular flexibility index (Phi) is 3.32. The van der Waals surface area contributed by atoms with E-state index in [1.807, 2.05) is 38.1 Å². The molecule has 1 aromatic carbocycles. The topological polar surface area (TPSA) is 49.9 Å². The molecule has 2 N–H and O–H groups in total. The first-order valence-corrected chi connectivity index (χ1v) is 5.59. The Morgan fingerprint density at radius 1 is 1.24 bits per heavy atom. The molecule has 17 heavy (non-hydrogen) atoms. The zero-order chi connectivity index (χ0) is 12.3. The fraction of sp³-hybridized carbons (Fsp3) is 0.308. The van der Waals surface area contributed by atoms with Crippen LogP contribution in [0.5, 0.6) is 5.75 Å². The van der Waals surface area contributed by atoms with Crippen LogP contribution in [0, 0.1) is 13.8 Å². The second-order valence-electron chi connectivity index (χ2n) is 3.99. The molecule has 0 saturated carbocycles. The fourth-order valence-electron chi connectivity index (χ4n) is 1.73. The Balaban J connectivity index is 2.02. The lowest BCUT2D eigenvalue weighted by molar-refractivity contribution is 0.415. The molecule has 0 fully saturated rings. The molecule has 1 aromatic heterocycles. The van der Waals surface area contributed by atoms with E-state index in [4.69, 9.17) is 4.74 Å². The summed E-state index contributed by atoms with van der Waals surface area (Å²) >= 11 is 0. The third-order valence-corrected chi connectivity index (χ3v) is 2.84. The van der Waals surface area contributed by atoms with Gasteiger partial charge in [0, 0.05) is 23.5 Å². The number of methoxy groups -OCH3 is 1. The van der Waals surface area contributed by atoms with Crippen molar-refractivity contribution in [1.29, 1.82) is 0 Å². The Morgan fingerprint density at radius 2 is 1.94 bits per heavy atom. The van der Waals surface area contributed by atoms with Gasteiger partial charge in [-0.1, -0.05) is 0 Å². The quantitative estimate of drug-likeness (QED) is 0.850. The predicted octanol–water partition coefficient (Wildman–Crippen LogP) is 2.65. The Bertz CT molecular complexity index is 468. The molecule has 0 saturated heterocycles. The number of aryl methyl sites for hydroxylation is 2. The van der Waals surface area contributed by atoms with E-state index in [2.05, 4.69) is 15.5 Å². The van der Waals surface area contributed by atoms with Gasteiger partial charge in [0.15, 0.2) is 0 Å². The average molecular weight is 231 g/mol. The highest BCUT2D eigenvalue weighted by molar-refractivity contribution is 5.47. The van der Waals surface area contributed by atoms with E-state index in [1.165, 1.54) is 5.56 Å². The van der Waals surface area contributed by atoms with Gasteiger partial charge in [-0.15, -0.1) is 0 Å². The van der Waals surface area contributed by atoms with Crippen molar-refractivity contribution in [2.75, 3.05) is 12.4 Å². The highest BCUT2D eigenvalue weighted by Gasteiger charge is 2.05. The van der Waals surface area contributed by atoms with Crippen molar-refractivity contribution in [2.24, 2.45) is 0 Å². The lowest BCUT2D eigenvalue weighted by atomic mass is 10.2. The minimum Gasteiger partial charge on any atom is -0.497 e. The highest BCUT2D eigenvalue weighted by Crippen LogP contribution is 2.17. The number of ether oxygens (including phenoxy) is 1. The molecule has 0 aliphatic rings. The summed E-state index contributed by atoms with van der Waals surface area (Å²) in [4.78, 5) is 0. The van der Waals surface area contributed by atoms with Crippen LogP contribution in [0.4, 0.5) is 5.69 Å². The Hall–Kier alpha value is -1.97. The molecule has 0 atom stereocenters. The first kappa shape index (κ1) is 11.5. The van der Waals surface area contributed by atoms with E-state index in [9.17, 15) is 0 Å². The average Bonchev–Trinajstić information content (AvgIpc) is 2.67. The number of nitrogens with one attached hydrogen (secondary N) is 2. The molecule has 0 aliphatic heterocycles. The highest BCUT2D eigenvalue weighted by atomic mass is 16.5. The monoisotopic (exact) mass is 231 g/mol. The van der Waals surface area contributed by atoms with Gasteiger partial charge in [0.25, 0.3) is 0 Å². The van der Waals surface area contributed by atoms with Crippen molar-refractivity contribution in [2.45, 2.75) is 20.4 Å². The maximum Gasteiger partial charge on any atom is 0.119 e. The van der Waals surface area contributed by atoms with Crippen molar-refractivity contribution in [3.63, 3.8) is 0 Å². The number of aromatic nitrogens is 2. The van der Waals surface area contributed by atoms with Gasteiger partial charge < -0.3 is 10.1 Å². The van der Waals surface area contributed by atoms with Crippen LogP contribution in [0.1, 0.15) is 17.0 Å². The zero-order valence-electron chi connectivity index (χ0n) is 10.4. The number of benzene rings is 1. The van der Waals surface area contributed by atoms with Gasteiger partial charge >= 0.3 is 0 Å². The summed E-state index contributed by atoms with van der Waals surface area (Å²) in [5.74, 6) is 0.867. The third-order valence-electron chi connectivity index (χ3n) is 2.84. The summed E-state index contributed by atoms with van der Waals surface area (Å²) in [6.45, 7) is 4.82. The zero-order valence-corrected chi connectivity index (χ0v) is 10.4. The molecule has 4 nitrogen and oxygen atoms in total. The van der Waals surface area contributed by atoms with Gasteiger partial charge in [-0.25, -0.2) is 0 Å². The fourth-order valence-corrected chi connectivity index (χ4v) is 1.73. The second kappa shape index (κ2) is 4.91. The number of hydrogen-bond acceptors (Lipinski definition) is 3. The van der Waals surface area contributed by atoms with Gasteiger partial charge in [-0.3, -0.25) is 5.10 Å². The summed E-state index contributed by atoms with van der Waals surface area (Å²) in [5, 5.41) is 10.5. The summed E-state index contributed by atoms with van der Waals surface area (Å²) < 4.78 is 5.12. The van der Waals surface area contributed by atoms with Gasteiger partial charge in [0.05, 0.1) is 12.8 Å². The molecule has 2 aromatic rings. The molecule has 0 radical (unpaired) electrons. The molecule has 0 bridgehead atoms. The van der Waals surface area contributed by atoms with E-state index in [1.54, 1.807) is 7.11 Å². The number of nitrogens with zero attached hydrogens (tertiary/aromatic N) is 1. The van der Waals surface area contributed by atoms with E-state index >= 15 is 0 Å². The maximum atomic E-state index is 5.12. The van der Waals surface area contributed by atoms with Gasteiger partial charge in [0.1, 0.15) is 5.75 Å². The molecular weight excluding hydrogens is 214 g/mol. The first-order chi connectivity index (χ1) is 8.20. The van der Waals surface area contributed by atoms with Crippen molar-refractivity contribution < 1.29 is 4.74 Å². The van der Waals surface area contributed by atoms with Crippen LogP contribution in [0.15, 0.2) is 24.3 Å². The lowest BCUT2D eigenvalue weighted by Crippen LogP contribution is -2.01. The first-order valence-electron chi connectivity index (χ1n) is 5.59. The Morgan fingerprint density at radius 3 is 2.47 bits per heavy atom. The van der Waals surface area contributed by atoms with Gasteiger partial charge in [-0.2, -0.15) is 5.10 Å². The van der Waals surface area contributed by atoms with E-state index in [0.29, 0.717) is 0 Å². The molecule has 2 rings (SSSR count). The van der Waals surface area contributed by atoms with Crippen molar-refractivity contribution in [1.82, 2.24) is 10.2 Å². The van der Waals surface area contributed by atoms with Crippen molar-refractivity contribution in [3.8, 4) is 5.75 Å². The van der Waals surface area contributed by atoms with Crippen LogP contribution >= 0.6 is 0 Å². The Labute approximate surface area is 101 Å². The number of H-pyrrole nitrogens is 1. The molecule has 0 unspecified atom stereocenters. The van der Waals surface area contributed by atoms with Crippen LogP contribution in [0.2, 0.25) is 0 Å². The molecule has 0 amide bonds. The molecule has 90 valence electrons. The van der Waals surface area contributed by atoms with Crippen LogP contribution in [0.3, 0.4) is 0 Å². The van der Waals surface area contributed by atoms with Crippen LogP contribution in [-0.2, 0) is 6.54 Å². The largest absolute Gasteiger partial charge is 0.497 e. The molecule has 0 aliphatic carbocycles. The number of aromatic amines is 1. The van der Waals surface area contributed by atoms with E-state index in [0.717, 1.165) is 29.4 Å². The molecule has 1 heterocycles. The van der Waals surface area contributed by atoms with Crippen molar-refractivity contribution >= 4 is 5.69 Å². The maximum absolute atomic E-state index is 5.12. The minimum absolute atomic E-state index is 0.778. The second-order valence-corrected chi connectivity index (χ2v) is 3.99. The molecular formula is C13H17N3O. The van der Waals surface area contributed by atoms with E-state index < -0.39 is 0 Å². The SMILES string of the molecule is COc1ccc(NCc2c(C)n[nH]c2C)cc1. The smallest absolute Gasteiger partial charge is 0.119 e. The lowest BCUT2D eigenvalue weighted by Gasteiger charge is -2.07. The number of rotatable bonds is 4. The van der Waals surface area contributed by atoms with Gasteiger partial charge in [-0.05, 0) is 38.1 Å². The van der Waals surface area contributed by atoms with Crippen molar-refractivity contribution in [3.05, 3.63) is 41.2 Å². The standard InChI is InChI=1S/C13H17N3O/c1-9-13(10(2)16-15-9)8-14-11-4-6-12(17-3)7-5-11/h4-7,14H,8H2,1-3H3,(H,15,16). The minimum atomic E-state index is 0.778. The summed E-state index contributed by atoms with van der Waals surface area (Å²) in [6, 6.07) is 7.89. The van der Waals surface area contributed by atoms with Crippen LogP contribution < -0.4 is 10.1 Å². The number of anilines is 1. The third kappa shape index (κ3) is 2.58. The normalized spacial score (nSPS) is 10.3. The van der Waals surface area contributed by atoms with Crippen LogP contribution in [-0.4, -0.2) is 17.3 Å². The van der Waals surface area contributed by atoms with Gasteiger partial charge in [0.2, 0.25) is 0 Å². The molecule has 0 spiro atoms. The number of hydrogen-bond donors (Lipinski definition) is 2. The predicted molar refractivity (Wildman–Crippen MR) is 68.4 cm³/mol. The summed E-state index contributed by atoms with van der Waals surface area (Å²) in [6.07, 6.45) is 0. The van der Waals surface area contributed by atoms with E-state index in [-0.39, 0.29) is 0 Å². The van der Waals surface area contributed by atoms with Crippen LogP contribution in [0.25, 0.3) is 0 Å². The summed E-state index contributed by atoms with van der Waals surface area (Å²) in [5.41, 5.74) is 4.46. The summed E-state index contributed by atoms with van der Waals surface area (Å²) in [7, 11) is 1.67.